The number of piperazine rings is 1. The number of carbonyl (C=O) groups excluding carboxylic acids is 1. The van der Waals surface area contributed by atoms with E-state index in [4.69, 9.17) is 44.3 Å². The SMILES string of the molecule is Cc1cc(C=CC(=O)N2CCN(Cc3ccc(Cl)cc3)CC2)cc(Cl)c1Oc1ccc(OCCc2ccc(Cl)cc2)cn1. The normalized spacial score (nSPS) is 13.8. The van der Waals surface area contributed by atoms with Crippen molar-refractivity contribution in [2.24, 2.45) is 0 Å². The van der Waals surface area contributed by atoms with E-state index < -0.39 is 0 Å². The Labute approximate surface area is 267 Å². The van der Waals surface area contributed by atoms with E-state index in [1.165, 1.54) is 5.56 Å². The van der Waals surface area contributed by atoms with Crippen LogP contribution in [0.2, 0.25) is 15.1 Å². The van der Waals surface area contributed by atoms with Crippen LogP contribution in [0.25, 0.3) is 6.08 Å². The van der Waals surface area contributed by atoms with Crippen molar-refractivity contribution >= 4 is 46.8 Å². The van der Waals surface area contributed by atoms with Crippen LogP contribution >= 0.6 is 34.8 Å². The van der Waals surface area contributed by atoms with Crippen LogP contribution < -0.4 is 9.47 Å². The zero-order valence-corrected chi connectivity index (χ0v) is 26.1. The summed E-state index contributed by atoms with van der Waals surface area (Å²) in [4.78, 5) is 21.4. The number of benzene rings is 3. The zero-order chi connectivity index (χ0) is 30.2. The molecule has 0 bridgehead atoms. The maximum atomic E-state index is 12.9. The highest BCUT2D eigenvalue weighted by Gasteiger charge is 2.20. The molecule has 6 nitrogen and oxygen atoms in total. The lowest BCUT2D eigenvalue weighted by atomic mass is 10.1. The molecule has 1 saturated heterocycles. The van der Waals surface area contributed by atoms with Gasteiger partial charge in [-0.1, -0.05) is 59.1 Å². The largest absolute Gasteiger partial charge is 0.492 e. The van der Waals surface area contributed by atoms with Crippen LogP contribution in [-0.2, 0) is 17.8 Å². The third-order valence-corrected chi connectivity index (χ3v) is 7.95. The summed E-state index contributed by atoms with van der Waals surface area (Å²) in [6.45, 7) is 6.29. The molecule has 1 aromatic heterocycles. The van der Waals surface area contributed by atoms with Gasteiger partial charge in [0.1, 0.15) is 5.75 Å². The second kappa shape index (κ2) is 14.8. The molecule has 1 aliphatic heterocycles. The highest BCUT2D eigenvalue weighted by atomic mass is 35.5. The molecule has 0 radical (unpaired) electrons. The van der Waals surface area contributed by atoms with E-state index in [1.54, 1.807) is 30.5 Å². The van der Waals surface area contributed by atoms with Gasteiger partial charge < -0.3 is 14.4 Å². The van der Waals surface area contributed by atoms with E-state index in [-0.39, 0.29) is 5.91 Å². The Morgan fingerprint density at radius 1 is 0.884 bits per heavy atom. The van der Waals surface area contributed by atoms with Crippen molar-refractivity contribution in [3.63, 3.8) is 0 Å². The molecule has 0 N–H and O–H groups in total. The van der Waals surface area contributed by atoms with E-state index in [0.29, 0.717) is 47.1 Å². The highest BCUT2D eigenvalue weighted by molar-refractivity contribution is 6.32. The van der Waals surface area contributed by atoms with Crippen molar-refractivity contribution in [1.29, 1.82) is 0 Å². The lowest BCUT2D eigenvalue weighted by Gasteiger charge is -2.34. The summed E-state index contributed by atoms with van der Waals surface area (Å²) in [5, 5.41) is 1.89. The molecular formula is C34H32Cl3N3O3. The molecule has 3 aromatic carbocycles. The Hall–Kier alpha value is -3.55. The molecule has 1 amide bonds. The predicted octanol–water partition coefficient (Wildman–Crippen LogP) is 8.12. The van der Waals surface area contributed by atoms with Gasteiger partial charge in [-0.3, -0.25) is 9.69 Å². The molecule has 1 fully saturated rings. The topological polar surface area (TPSA) is 54.9 Å². The first-order chi connectivity index (χ1) is 20.8. The number of halogens is 3. The fraction of sp³-hybridized carbons (Fsp3) is 0.235. The third-order valence-electron chi connectivity index (χ3n) is 7.16. The van der Waals surface area contributed by atoms with Crippen molar-refractivity contribution in [2.45, 2.75) is 19.9 Å². The number of aryl methyl sites for hydroxylation is 1. The number of hydrogen-bond donors (Lipinski definition) is 0. The predicted molar refractivity (Wildman–Crippen MR) is 173 cm³/mol. The van der Waals surface area contributed by atoms with Gasteiger partial charge in [-0.15, -0.1) is 0 Å². The number of amides is 1. The fourth-order valence-corrected chi connectivity index (χ4v) is 5.35. The number of rotatable bonds is 10. The van der Waals surface area contributed by atoms with E-state index >= 15 is 0 Å². The summed E-state index contributed by atoms with van der Waals surface area (Å²) < 4.78 is 11.8. The van der Waals surface area contributed by atoms with E-state index in [1.807, 2.05) is 72.5 Å². The average Bonchev–Trinajstić information content (AvgIpc) is 3.01. The van der Waals surface area contributed by atoms with Crippen molar-refractivity contribution in [2.75, 3.05) is 32.8 Å². The molecule has 0 aliphatic carbocycles. The number of nitrogens with zero attached hydrogens (tertiary/aromatic N) is 3. The molecular weight excluding hydrogens is 605 g/mol. The Kier molecular flexibility index (Phi) is 10.6. The van der Waals surface area contributed by atoms with Crippen molar-refractivity contribution < 1.29 is 14.3 Å². The third kappa shape index (κ3) is 8.97. The van der Waals surface area contributed by atoms with Gasteiger partial charge in [-0.05, 0) is 77.7 Å². The zero-order valence-electron chi connectivity index (χ0n) is 23.8. The summed E-state index contributed by atoms with van der Waals surface area (Å²) in [6.07, 6.45) is 5.78. The number of pyridine rings is 1. The number of hydrogen-bond acceptors (Lipinski definition) is 5. The molecule has 9 heteroatoms. The lowest BCUT2D eigenvalue weighted by Crippen LogP contribution is -2.47. The first-order valence-corrected chi connectivity index (χ1v) is 15.2. The van der Waals surface area contributed by atoms with Crippen molar-refractivity contribution in [3.05, 3.63) is 122 Å². The fourth-order valence-electron chi connectivity index (χ4n) is 4.79. The van der Waals surface area contributed by atoms with Crippen LogP contribution in [0.15, 0.2) is 85.1 Å². The monoisotopic (exact) mass is 635 g/mol. The van der Waals surface area contributed by atoms with Gasteiger partial charge >= 0.3 is 0 Å². The highest BCUT2D eigenvalue weighted by Crippen LogP contribution is 2.34. The standard InChI is InChI=1S/C34H32Cl3N3O3/c1-24-20-27(6-13-33(41)40-17-15-39(16-18-40)23-26-4-9-29(36)10-5-26)21-31(37)34(24)43-32-12-11-30(22-38-32)42-19-14-25-2-7-28(35)8-3-25/h2-13,20-22H,14-19,23H2,1H3. The van der Waals surface area contributed by atoms with Gasteiger partial charge in [0, 0.05) is 61.3 Å². The Balaban J connectivity index is 1.10. The van der Waals surface area contributed by atoms with Crippen molar-refractivity contribution in [3.8, 4) is 17.4 Å². The summed E-state index contributed by atoms with van der Waals surface area (Å²) in [5.41, 5.74) is 4.02. The summed E-state index contributed by atoms with van der Waals surface area (Å²) >= 11 is 18.5. The van der Waals surface area contributed by atoms with Gasteiger partial charge in [0.2, 0.25) is 11.8 Å². The van der Waals surface area contributed by atoms with Crippen LogP contribution in [0.1, 0.15) is 22.3 Å². The van der Waals surface area contributed by atoms with Gasteiger partial charge in [0.25, 0.3) is 0 Å². The molecule has 0 saturated carbocycles. The van der Waals surface area contributed by atoms with Crippen LogP contribution in [0, 0.1) is 6.92 Å². The molecule has 2 heterocycles. The number of carbonyl (C=O) groups is 1. The van der Waals surface area contributed by atoms with Crippen LogP contribution in [0.3, 0.4) is 0 Å². The van der Waals surface area contributed by atoms with Gasteiger partial charge in [0.05, 0.1) is 17.8 Å². The summed E-state index contributed by atoms with van der Waals surface area (Å²) in [7, 11) is 0. The summed E-state index contributed by atoms with van der Waals surface area (Å²) in [5.74, 6) is 1.56. The van der Waals surface area contributed by atoms with Crippen LogP contribution in [0.5, 0.6) is 17.4 Å². The molecule has 43 heavy (non-hydrogen) atoms. The van der Waals surface area contributed by atoms with Crippen molar-refractivity contribution in [1.82, 2.24) is 14.8 Å². The molecule has 222 valence electrons. The van der Waals surface area contributed by atoms with Gasteiger partial charge in [0.15, 0.2) is 5.75 Å². The van der Waals surface area contributed by atoms with E-state index in [0.717, 1.165) is 47.8 Å². The Morgan fingerprint density at radius 2 is 1.56 bits per heavy atom. The van der Waals surface area contributed by atoms with Gasteiger partial charge in [-0.2, -0.15) is 0 Å². The smallest absolute Gasteiger partial charge is 0.246 e. The molecule has 5 rings (SSSR count). The molecule has 1 aliphatic rings. The van der Waals surface area contributed by atoms with E-state index in [9.17, 15) is 4.79 Å². The minimum atomic E-state index is -0.0140. The Bertz CT molecular complexity index is 1530. The quantitative estimate of drug-likeness (QED) is 0.165. The maximum Gasteiger partial charge on any atom is 0.246 e. The molecule has 4 aromatic rings. The first-order valence-electron chi connectivity index (χ1n) is 14.1. The summed E-state index contributed by atoms with van der Waals surface area (Å²) in [6, 6.07) is 22.9. The second-order valence-corrected chi connectivity index (χ2v) is 11.6. The van der Waals surface area contributed by atoms with Gasteiger partial charge in [-0.25, -0.2) is 4.98 Å². The molecule has 0 atom stereocenters. The van der Waals surface area contributed by atoms with Crippen LogP contribution in [-0.4, -0.2) is 53.5 Å². The average molecular weight is 637 g/mol. The Morgan fingerprint density at radius 3 is 2.19 bits per heavy atom. The number of ether oxygens (including phenoxy) is 2. The second-order valence-electron chi connectivity index (χ2n) is 10.4. The molecule has 0 spiro atoms. The maximum absolute atomic E-state index is 12.9. The van der Waals surface area contributed by atoms with E-state index in [2.05, 4.69) is 9.88 Å². The number of aromatic nitrogens is 1. The minimum absolute atomic E-state index is 0.0140. The molecule has 0 unspecified atom stereocenters. The first kappa shape index (κ1) is 30.9. The lowest BCUT2D eigenvalue weighted by molar-refractivity contribution is -0.127. The van der Waals surface area contributed by atoms with Crippen LogP contribution in [0.4, 0.5) is 0 Å². The minimum Gasteiger partial charge on any atom is -0.492 e.